The molecule has 3 aromatic heterocycles. The minimum absolute atomic E-state index is 0.00308. The van der Waals surface area contributed by atoms with Gasteiger partial charge in [-0.1, -0.05) is 0 Å². The number of nitrogens with one attached hydrogen (secondary N) is 2. The number of nitrogens with zero attached hydrogens (tertiary/aromatic N) is 4. The van der Waals surface area contributed by atoms with Gasteiger partial charge in [0.05, 0.1) is 17.3 Å². The Labute approximate surface area is 203 Å². The van der Waals surface area contributed by atoms with Crippen molar-refractivity contribution in [2.75, 3.05) is 38.1 Å². The molecule has 1 atom stereocenters. The van der Waals surface area contributed by atoms with Gasteiger partial charge in [-0.05, 0) is 63.8 Å². The Bertz CT molecular complexity index is 1240. The Morgan fingerprint density at radius 3 is 2.68 bits per heavy atom. The van der Waals surface area contributed by atoms with Gasteiger partial charge in [0, 0.05) is 43.5 Å². The molecule has 180 valence electrons. The second-order valence-corrected chi connectivity index (χ2v) is 10.7. The molecule has 0 saturated carbocycles. The fraction of sp³-hybridized carbons (Fsp3) is 0.520. The number of piperidine rings is 2. The number of pyridine rings is 1. The van der Waals surface area contributed by atoms with Crippen LogP contribution in [0.15, 0.2) is 23.1 Å². The van der Waals surface area contributed by atoms with Crippen LogP contribution in [0.5, 0.6) is 0 Å². The molecule has 0 aromatic carbocycles. The largest absolute Gasteiger partial charge is 0.370 e. The monoisotopic (exact) mass is 480 g/mol. The number of thiophene rings is 1. The molecule has 5 heterocycles. The minimum Gasteiger partial charge on any atom is -0.370 e. The summed E-state index contributed by atoms with van der Waals surface area (Å²) in [6.07, 6.45) is 6.18. The summed E-state index contributed by atoms with van der Waals surface area (Å²) in [6.45, 7) is 8.06. The number of hydrogen-bond donors (Lipinski definition) is 2. The molecule has 2 aliphatic heterocycles. The third-order valence-electron chi connectivity index (χ3n) is 7.45. The second kappa shape index (κ2) is 9.46. The van der Waals surface area contributed by atoms with E-state index in [-0.39, 0.29) is 17.4 Å². The molecule has 2 N–H and O–H groups in total. The number of aromatic amines is 1. The van der Waals surface area contributed by atoms with Gasteiger partial charge in [0.25, 0.3) is 11.5 Å². The topological polar surface area (TPSA) is 94.2 Å². The van der Waals surface area contributed by atoms with Crippen LogP contribution in [0.1, 0.15) is 58.4 Å². The summed E-state index contributed by atoms with van der Waals surface area (Å²) in [4.78, 5) is 43.8. The van der Waals surface area contributed by atoms with Crippen LogP contribution in [0.2, 0.25) is 0 Å². The van der Waals surface area contributed by atoms with Gasteiger partial charge < -0.3 is 15.2 Å². The van der Waals surface area contributed by atoms with Crippen LogP contribution in [-0.4, -0.2) is 65.0 Å². The van der Waals surface area contributed by atoms with Crippen molar-refractivity contribution >= 4 is 33.1 Å². The molecule has 0 aliphatic carbocycles. The summed E-state index contributed by atoms with van der Waals surface area (Å²) in [5, 5.41) is 3.36. The molecule has 0 spiro atoms. The van der Waals surface area contributed by atoms with E-state index in [0.29, 0.717) is 11.7 Å². The first kappa shape index (κ1) is 23.0. The van der Waals surface area contributed by atoms with E-state index >= 15 is 0 Å². The SMILES string of the molecule is CNC(=O)c1ccc(N2CCC(N3CCCC(c4nc5sc(C)c(C)c5c(=O)[nH]4)C3)CC2)cn1. The Morgan fingerprint density at radius 1 is 1.18 bits per heavy atom. The first-order valence-corrected chi connectivity index (χ1v) is 12.9. The highest BCUT2D eigenvalue weighted by Crippen LogP contribution is 2.31. The molecule has 3 aromatic rings. The molecular formula is C25H32N6O2S. The van der Waals surface area contributed by atoms with Crippen LogP contribution < -0.4 is 15.8 Å². The summed E-state index contributed by atoms with van der Waals surface area (Å²) in [7, 11) is 1.62. The van der Waals surface area contributed by atoms with E-state index in [1.807, 2.05) is 13.0 Å². The summed E-state index contributed by atoms with van der Waals surface area (Å²) in [5.74, 6) is 0.959. The standard InChI is InChI=1S/C25H32N6O2S/c1-15-16(2)34-25-21(15)24(33)28-22(29-25)17-5-4-10-31(14-17)18-8-11-30(12-9-18)19-6-7-20(27-13-19)23(32)26-3/h6-7,13,17-18H,4-5,8-12,14H2,1-3H3,(H,26,32)(H,28,29,33). The number of fused-ring (bicyclic) bond motifs is 1. The Hall–Kier alpha value is -2.78. The molecule has 2 fully saturated rings. The van der Waals surface area contributed by atoms with E-state index in [2.05, 4.69) is 32.0 Å². The van der Waals surface area contributed by atoms with Crippen LogP contribution in [0, 0.1) is 13.8 Å². The predicted molar refractivity (Wildman–Crippen MR) is 136 cm³/mol. The van der Waals surface area contributed by atoms with E-state index in [1.165, 1.54) is 4.88 Å². The lowest BCUT2D eigenvalue weighted by Gasteiger charge is -2.42. The van der Waals surface area contributed by atoms with Crippen LogP contribution in [-0.2, 0) is 0 Å². The highest BCUT2D eigenvalue weighted by molar-refractivity contribution is 7.18. The lowest BCUT2D eigenvalue weighted by molar-refractivity contribution is 0.0958. The van der Waals surface area contributed by atoms with Crippen molar-refractivity contribution < 1.29 is 4.79 Å². The smallest absolute Gasteiger partial charge is 0.269 e. The fourth-order valence-corrected chi connectivity index (χ4v) is 6.39. The van der Waals surface area contributed by atoms with Crippen molar-refractivity contribution in [1.82, 2.24) is 25.2 Å². The maximum atomic E-state index is 12.8. The quantitative estimate of drug-likeness (QED) is 0.596. The molecule has 1 amide bonds. The van der Waals surface area contributed by atoms with Crippen molar-refractivity contribution in [1.29, 1.82) is 0 Å². The van der Waals surface area contributed by atoms with Gasteiger partial charge in [-0.15, -0.1) is 11.3 Å². The van der Waals surface area contributed by atoms with Gasteiger partial charge in [0.2, 0.25) is 0 Å². The maximum absolute atomic E-state index is 12.8. The van der Waals surface area contributed by atoms with E-state index in [9.17, 15) is 9.59 Å². The van der Waals surface area contributed by atoms with Crippen molar-refractivity contribution in [3.05, 3.63) is 50.6 Å². The average molecular weight is 481 g/mol. The zero-order valence-corrected chi connectivity index (χ0v) is 20.9. The van der Waals surface area contributed by atoms with Gasteiger partial charge >= 0.3 is 0 Å². The number of anilines is 1. The van der Waals surface area contributed by atoms with E-state index in [0.717, 1.165) is 79.2 Å². The van der Waals surface area contributed by atoms with Crippen LogP contribution >= 0.6 is 11.3 Å². The number of carbonyl (C=O) groups excluding carboxylic acids is 1. The van der Waals surface area contributed by atoms with Crippen LogP contribution in [0.25, 0.3) is 10.2 Å². The van der Waals surface area contributed by atoms with Gasteiger partial charge in [-0.2, -0.15) is 0 Å². The van der Waals surface area contributed by atoms with Gasteiger partial charge in [0.15, 0.2) is 0 Å². The number of carbonyl (C=O) groups is 1. The molecule has 0 bridgehead atoms. The third kappa shape index (κ3) is 4.34. The number of rotatable bonds is 4. The summed E-state index contributed by atoms with van der Waals surface area (Å²) >= 11 is 1.62. The molecule has 2 saturated heterocycles. The summed E-state index contributed by atoms with van der Waals surface area (Å²) in [6, 6.07) is 4.32. The molecule has 2 aliphatic rings. The number of aryl methyl sites for hydroxylation is 2. The highest BCUT2D eigenvalue weighted by atomic mass is 32.1. The van der Waals surface area contributed by atoms with E-state index in [1.54, 1.807) is 30.6 Å². The average Bonchev–Trinajstić information content (AvgIpc) is 3.17. The molecule has 0 radical (unpaired) electrons. The van der Waals surface area contributed by atoms with Gasteiger partial charge in [-0.25, -0.2) is 9.97 Å². The Balaban J connectivity index is 1.23. The van der Waals surface area contributed by atoms with Crippen molar-refractivity contribution in [3.8, 4) is 0 Å². The molecule has 9 heteroatoms. The first-order chi connectivity index (χ1) is 16.4. The van der Waals surface area contributed by atoms with Crippen LogP contribution in [0.4, 0.5) is 5.69 Å². The van der Waals surface area contributed by atoms with E-state index in [4.69, 9.17) is 4.98 Å². The number of hydrogen-bond acceptors (Lipinski definition) is 7. The number of aromatic nitrogens is 3. The highest BCUT2D eigenvalue weighted by Gasteiger charge is 2.31. The second-order valence-electron chi connectivity index (χ2n) is 9.45. The van der Waals surface area contributed by atoms with Crippen molar-refractivity contribution in [3.63, 3.8) is 0 Å². The lowest BCUT2D eigenvalue weighted by atomic mass is 9.93. The summed E-state index contributed by atoms with van der Waals surface area (Å²) in [5.41, 5.74) is 2.57. The first-order valence-electron chi connectivity index (χ1n) is 12.1. The van der Waals surface area contributed by atoms with Crippen molar-refractivity contribution in [2.24, 2.45) is 0 Å². The minimum atomic E-state index is -0.163. The molecule has 34 heavy (non-hydrogen) atoms. The number of likely N-dealkylation sites (tertiary alicyclic amines) is 1. The van der Waals surface area contributed by atoms with E-state index < -0.39 is 0 Å². The fourth-order valence-electron chi connectivity index (χ4n) is 5.35. The van der Waals surface area contributed by atoms with Gasteiger partial charge in [-0.3, -0.25) is 14.5 Å². The normalized spacial score (nSPS) is 20.1. The third-order valence-corrected chi connectivity index (χ3v) is 8.55. The molecule has 8 nitrogen and oxygen atoms in total. The Morgan fingerprint density at radius 2 is 1.97 bits per heavy atom. The number of amides is 1. The zero-order valence-electron chi connectivity index (χ0n) is 20.1. The van der Waals surface area contributed by atoms with Crippen molar-refractivity contribution in [2.45, 2.75) is 51.5 Å². The Kier molecular flexibility index (Phi) is 6.40. The van der Waals surface area contributed by atoms with Crippen LogP contribution in [0.3, 0.4) is 0 Å². The lowest BCUT2D eigenvalue weighted by Crippen LogP contribution is -2.48. The maximum Gasteiger partial charge on any atom is 0.269 e. The van der Waals surface area contributed by atoms with Gasteiger partial charge in [0.1, 0.15) is 16.3 Å². The predicted octanol–water partition coefficient (Wildman–Crippen LogP) is 3.20. The zero-order chi connectivity index (χ0) is 23.8. The molecular weight excluding hydrogens is 448 g/mol. The molecule has 5 rings (SSSR count). The molecule has 1 unspecified atom stereocenters. The number of H-pyrrole nitrogens is 1. The summed E-state index contributed by atoms with van der Waals surface area (Å²) < 4.78 is 0.